The lowest BCUT2D eigenvalue weighted by Crippen LogP contribution is -2.21. The average Bonchev–Trinajstić information content (AvgIpc) is 3.13. The van der Waals surface area contributed by atoms with Crippen molar-refractivity contribution < 1.29 is 5.11 Å². The second-order valence-electron chi connectivity index (χ2n) is 7.23. The number of rotatable bonds is 7. The van der Waals surface area contributed by atoms with E-state index in [4.69, 9.17) is 12.2 Å². The molecule has 4 rings (SSSR count). The smallest absolute Gasteiger partial charge is 0.216 e. The van der Waals surface area contributed by atoms with Crippen LogP contribution < -0.4 is 4.90 Å². The quantitative estimate of drug-likeness (QED) is 0.315. The zero-order valence-electron chi connectivity index (χ0n) is 17.6. The Morgan fingerprint density at radius 1 is 1.10 bits per heavy atom. The fraction of sp³-hybridized carbons (Fsp3) is 0.208. The van der Waals surface area contributed by atoms with Gasteiger partial charge in [0.15, 0.2) is 5.82 Å². The fourth-order valence-electron chi connectivity index (χ4n) is 3.72. The van der Waals surface area contributed by atoms with Gasteiger partial charge in [0.05, 0.1) is 6.21 Å². The molecule has 158 valence electrons. The molecule has 4 aromatic rings. The number of nitrogens with one attached hydrogen (secondary N) is 1. The first-order valence-corrected chi connectivity index (χ1v) is 10.8. The first-order chi connectivity index (χ1) is 15.1. The Labute approximate surface area is 186 Å². The molecule has 31 heavy (non-hydrogen) atoms. The van der Waals surface area contributed by atoms with Gasteiger partial charge in [-0.15, -0.1) is 0 Å². The first kappa shape index (κ1) is 20.8. The van der Waals surface area contributed by atoms with Gasteiger partial charge in [0.2, 0.25) is 4.77 Å². The van der Waals surface area contributed by atoms with Crippen LogP contribution in [0.3, 0.4) is 0 Å². The van der Waals surface area contributed by atoms with Gasteiger partial charge in [-0.2, -0.15) is 14.9 Å². The minimum atomic E-state index is 0.179. The molecule has 1 heterocycles. The van der Waals surface area contributed by atoms with E-state index >= 15 is 0 Å². The van der Waals surface area contributed by atoms with Crippen LogP contribution in [0.25, 0.3) is 10.8 Å². The zero-order valence-corrected chi connectivity index (χ0v) is 18.4. The number of anilines is 1. The summed E-state index contributed by atoms with van der Waals surface area (Å²) in [5.41, 5.74) is 2.75. The SMILES string of the molecule is CCN(CC)c1ccc(/C=N\n2c(Cc3cccc4ccccc34)n[nH]c2=S)c(O)c1. The fourth-order valence-corrected chi connectivity index (χ4v) is 3.92. The molecular weight excluding hydrogens is 406 g/mol. The van der Waals surface area contributed by atoms with Crippen LogP contribution in [0.5, 0.6) is 5.75 Å². The van der Waals surface area contributed by atoms with Crippen LogP contribution in [-0.4, -0.2) is 39.3 Å². The zero-order chi connectivity index (χ0) is 21.8. The van der Waals surface area contributed by atoms with Gasteiger partial charge in [0, 0.05) is 36.8 Å². The van der Waals surface area contributed by atoms with Gasteiger partial charge < -0.3 is 10.0 Å². The molecule has 0 fully saturated rings. The Morgan fingerprint density at radius 2 is 1.87 bits per heavy atom. The molecule has 0 atom stereocenters. The largest absolute Gasteiger partial charge is 0.507 e. The lowest BCUT2D eigenvalue weighted by atomic mass is 10.0. The van der Waals surface area contributed by atoms with Gasteiger partial charge in [-0.25, -0.2) is 0 Å². The maximum absolute atomic E-state index is 10.5. The third-order valence-corrected chi connectivity index (χ3v) is 5.67. The van der Waals surface area contributed by atoms with Crippen LogP contribution in [0, 0.1) is 4.77 Å². The monoisotopic (exact) mass is 431 g/mol. The summed E-state index contributed by atoms with van der Waals surface area (Å²) >= 11 is 5.38. The lowest BCUT2D eigenvalue weighted by molar-refractivity contribution is 0.474. The third kappa shape index (κ3) is 4.36. The van der Waals surface area contributed by atoms with Gasteiger partial charge >= 0.3 is 0 Å². The molecule has 2 N–H and O–H groups in total. The van der Waals surface area contributed by atoms with E-state index in [2.05, 4.69) is 58.3 Å². The van der Waals surface area contributed by atoms with Crippen molar-refractivity contribution in [1.82, 2.24) is 14.9 Å². The second-order valence-corrected chi connectivity index (χ2v) is 7.62. The van der Waals surface area contributed by atoms with E-state index in [1.807, 2.05) is 30.3 Å². The summed E-state index contributed by atoms with van der Waals surface area (Å²) in [5.74, 6) is 0.885. The maximum Gasteiger partial charge on any atom is 0.216 e. The van der Waals surface area contributed by atoms with Crippen molar-refractivity contribution in [2.75, 3.05) is 18.0 Å². The molecular formula is C24H25N5OS. The summed E-state index contributed by atoms with van der Waals surface area (Å²) in [6.45, 7) is 5.94. The van der Waals surface area contributed by atoms with Crippen molar-refractivity contribution in [2.24, 2.45) is 5.10 Å². The Hall–Kier alpha value is -3.45. The summed E-state index contributed by atoms with van der Waals surface area (Å²) in [7, 11) is 0. The minimum Gasteiger partial charge on any atom is -0.507 e. The molecule has 1 aromatic heterocycles. The van der Waals surface area contributed by atoms with Crippen LogP contribution in [0.1, 0.15) is 30.8 Å². The highest BCUT2D eigenvalue weighted by Crippen LogP contribution is 2.24. The number of aromatic hydroxyl groups is 1. The molecule has 0 aliphatic carbocycles. The Balaban J connectivity index is 1.63. The van der Waals surface area contributed by atoms with Crippen molar-refractivity contribution >= 4 is 34.9 Å². The van der Waals surface area contributed by atoms with E-state index < -0.39 is 0 Å². The Kier molecular flexibility index (Phi) is 6.13. The summed E-state index contributed by atoms with van der Waals surface area (Å²) in [5, 5.41) is 24.5. The van der Waals surface area contributed by atoms with Gasteiger partial charge in [0.25, 0.3) is 0 Å². The van der Waals surface area contributed by atoms with Crippen molar-refractivity contribution in [1.29, 1.82) is 0 Å². The van der Waals surface area contributed by atoms with Crippen LogP contribution >= 0.6 is 12.2 Å². The van der Waals surface area contributed by atoms with E-state index in [1.165, 1.54) is 10.8 Å². The number of nitrogens with zero attached hydrogens (tertiary/aromatic N) is 4. The highest BCUT2D eigenvalue weighted by Gasteiger charge is 2.10. The number of fused-ring (bicyclic) bond motifs is 1. The molecule has 0 aliphatic rings. The molecule has 0 saturated carbocycles. The highest BCUT2D eigenvalue weighted by atomic mass is 32.1. The van der Waals surface area contributed by atoms with E-state index in [0.717, 1.165) is 24.3 Å². The van der Waals surface area contributed by atoms with E-state index in [0.29, 0.717) is 22.6 Å². The molecule has 0 bridgehead atoms. The van der Waals surface area contributed by atoms with Crippen molar-refractivity contribution in [3.05, 3.63) is 82.4 Å². The molecule has 0 amide bonds. The van der Waals surface area contributed by atoms with Gasteiger partial charge in [0.1, 0.15) is 5.75 Å². The van der Waals surface area contributed by atoms with Crippen LogP contribution in [-0.2, 0) is 6.42 Å². The van der Waals surface area contributed by atoms with Gasteiger partial charge in [-0.1, -0.05) is 42.5 Å². The minimum absolute atomic E-state index is 0.179. The molecule has 7 heteroatoms. The van der Waals surface area contributed by atoms with Gasteiger partial charge in [-0.3, -0.25) is 5.10 Å². The number of benzene rings is 3. The van der Waals surface area contributed by atoms with E-state index in [9.17, 15) is 5.11 Å². The van der Waals surface area contributed by atoms with Crippen molar-refractivity contribution in [3.8, 4) is 5.75 Å². The third-order valence-electron chi connectivity index (χ3n) is 5.40. The standard InChI is InChI=1S/C24H25N5OS/c1-3-28(4-2)20-13-12-19(22(30)15-20)16-25-29-23(26-27-24(29)31)14-18-10-7-9-17-8-5-6-11-21(17)18/h5-13,15-16,30H,3-4,14H2,1-2H3,(H,27,31)/b25-16-. The molecule has 0 saturated heterocycles. The average molecular weight is 432 g/mol. The second kappa shape index (κ2) is 9.14. The first-order valence-electron chi connectivity index (χ1n) is 10.4. The molecule has 0 unspecified atom stereocenters. The lowest BCUT2D eigenvalue weighted by Gasteiger charge is -2.21. The topological polar surface area (TPSA) is 69.4 Å². The normalized spacial score (nSPS) is 11.4. The summed E-state index contributed by atoms with van der Waals surface area (Å²) in [6, 6.07) is 20.1. The Morgan fingerprint density at radius 3 is 2.65 bits per heavy atom. The predicted octanol–water partition coefficient (Wildman–Crippen LogP) is 5.12. The highest BCUT2D eigenvalue weighted by molar-refractivity contribution is 7.71. The predicted molar refractivity (Wildman–Crippen MR) is 129 cm³/mol. The number of hydrogen-bond acceptors (Lipinski definition) is 5. The number of H-pyrrole nitrogens is 1. The molecule has 6 nitrogen and oxygen atoms in total. The van der Waals surface area contributed by atoms with Gasteiger partial charge in [-0.05, 0) is 54.5 Å². The molecule has 0 spiro atoms. The van der Waals surface area contributed by atoms with E-state index in [-0.39, 0.29) is 5.75 Å². The molecule has 3 aromatic carbocycles. The number of phenols is 1. The number of phenolic OH excluding ortho intramolecular Hbond substituents is 1. The van der Waals surface area contributed by atoms with E-state index in [1.54, 1.807) is 17.0 Å². The summed E-state index contributed by atoms with van der Waals surface area (Å²) in [4.78, 5) is 2.18. The van der Waals surface area contributed by atoms with Crippen LogP contribution in [0.15, 0.2) is 65.8 Å². The Bertz CT molecular complexity index is 1280. The van der Waals surface area contributed by atoms with Crippen LogP contribution in [0.4, 0.5) is 5.69 Å². The van der Waals surface area contributed by atoms with Crippen molar-refractivity contribution in [3.63, 3.8) is 0 Å². The summed E-state index contributed by atoms with van der Waals surface area (Å²) in [6.07, 6.45) is 2.19. The molecule has 0 aliphatic heterocycles. The number of hydrogen-bond donors (Lipinski definition) is 2. The van der Waals surface area contributed by atoms with Crippen molar-refractivity contribution in [2.45, 2.75) is 20.3 Å². The number of aromatic amines is 1. The number of aromatic nitrogens is 3. The van der Waals surface area contributed by atoms with Crippen LogP contribution in [0.2, 0.25) is 0 Å². The molecule has 0 radical (unpaired) electrons. The maximum atomic E-state index is 10.5. The summed E-state index contributed by atoms with van der Waals surface area (Å²) < 4.78 is 2.01.